The van der Waals surface area contributed by atoms with E-state index in [9.17, 15) is 26.4 Å². The number of hydrazone groups is 1. The zero-order chi connectivity index (χ0) is 38.9. The Labute approximate surface area is 324 Å². The summed E-state index contributed by atoms with van der Waals surface area (Å²) in [5, 5.41) is 7.17. The summed E-state index contributed by atoms with van der Waals surface area (Å²) in [7, 11) is -8.13. The van der Waals surface area contributed by atoms with Gasteiger partial charge in [0.25, 0.3) is 5.91 Å². The highest BCUT2D eigenvalue weighted by Gasteiger charge is 2.28. The van der Waals surface area contributed by atoms with Crippen molar-refractivity contribution in [3.63, 3.8) is 0 Å². The van der Waals surface area contributed by atoms with Gasteiger partial charge in [0, 0.05) is 25.7 Å². The number of hydrogen-bond acceptors (Lipinski definition) is 8. The molecule has 5 aromatic rings. The van der Waals surface area contributed by atoms with Crippen molar-refractivity contribution in [3.05, 3.63) is 147 Å². The molecule has 1 heterocycles. The molecule has 0 spiro atoms. The van der Waals surface area contributed by atoms with Crippen molar-refractivity contribution in [1.29, 1.82) is 0 Å². The average molecular weight is 811 g/mol. The van der Waals surface area contributed by atoms with Crippen LogP contribution in [-0.2, 0) is 49.1 Å². The first kappa shape index (κ1) is 40.4. The molecule has 0 bridgehead atoms. The van der Waals surface area contributed by atoms with Gasteiger partial charge in [0.1, 0.15) is 11.5 Å². The first-order valence-electron chi connectivity index (χ1n) is 16.5. The first-order valence-corrected chi connectivity index (χ1v) is 20.2. The average Bonchev–Trinajstić information content (AvgIpc) is 3.58. The number of amides is 2. The number of carbonyl (C=O) groups is 2. The number of hydrogen-bond donors (Lipinski definition) is 2. The fourth-order valence-electron chi connectivity index (χ4n) is 5.26. The van der Waals surface area contributed by atoms with Gasteiger partial charge in [-0.05, 0) is 85.1 Å². The fourth-order valence-corrected chi connectivity index (χ4v) is 8.37. The molecule has 0 aliphatic carbocycles. The molecule has 0 radical (unpaired) electrons. The molecule has 0 aliphatic rings. The highest BCUT2D eigenvalue weighted by molar-refractivity contribution is 7.89. The third kappa shape index (κ3) is 10.9. The molecule has 0 saturated heterocycles. The number of nitrogens with one attached hydrogen (secondary N) is 2. The Morgan fingerprint density at radius 2 is 1.41 bits per heavy atom. The largest absolute Gasteiger partial charge is 0.459 e. The van der Waals surface area contributed by atoms with Gasteiger partial charge in [0.2, 0.25) is 26.0 Å². The van der Waals surface area contributed by atoms with Gasteiger partial charge < -0.3 is 9.73 Å². The van der Waals surface area contributed by atoms with E-state index in [1.165, 1.54) is 53.8 Å². The summed E-state index contributed by atoms with van der Waals surface area (Å²) in [6.07, 6.45) is 1.57. The first-order chi connectivity index (χ1) is 25.7. The lowest BCUT2D eigenvalue weighted by molar-refractivity contribution is -0.121. The standard InChI is InChI=1S/C38H37Cl2N5O7S2/c1-27-8-15-34(16-9-27)54(50,51)45(24-30-10-19-36(39)37(40)22-30)25-33-14-13-32(52-33)23-41-43-38(47)26-44(21-20-29-6-4-3-5-7-29)53(48,49)35-17-11-31(12-18-35)42-28(2)46/h3-19,22-23H,20-21,24-26H2,1-2H3,(H,42,46)(H,43,47)/b41-23-. The van der Waals surface area contributed by atoms with Crippen molar-refractivity contribution in [2.24, 2.45) is 5.10 Å². The second-order valence-corrected chi connectivity index (χ2v) is 16.9. The Kier molecular flexibility index (Phi) is 13.5. The monoisotopic (exact) mass is 809 g/mol. The third-order valence-corrected chi connectivity index (χ3v) is 12.4. The van der Waals surface area contributed by atoms with Gasteiger partial charge in [-0.1, -0.05) is 77.3 Å². The number of furan rings is 1. The van der Waals surface area contributed by atoms with E-state index in [2.05, 4.69) is 15.8 Å². The van der Waals surface area contributed by atoms with E-state index in [4.69, 9.17) is 27.6 Å². The van der Waals surface area contributed by atoms with Gasteiger partial charge in [-0.2, -0.15) is 13.7 Å². The predicted molar refractivity (Wildman–Crippen MR) is 208 cm³/mol. The lowest BCUT2D eigenvalue weighted by Gasteiger charge is -2.22. The van der Waals surface area contributed by atoms with Crippen LogP contribution in [0, 0.1) is 6.92 Å². The van der Waals surface area contributed by atoms with E-state index in [1.54, 1.807) is 42.5 Å². The maximum atomic E-state index is 13.8. The Bertz CT molecular complexity index is 2340. The van der Waals surface area contributed by atoms with E-state index in [-0.39, 0.29) is 46.1 Å². The van der Waals surface area contributed by atoms with Crippen LogP contribution in [0.25, 0.3) is 0 Å². The maximum absolute atomic E-state index is 13.8. The summed E-state index contributed by atoms with van der Waals surface area (Å²) >= 11 is 12.3. The van der Waals surface area contributed by atoms with Gasteiger partial charge >= 0.3 is 0 Å². The van der Waals surface area contributed by atoms with E-state index < -0.39 is 32.5 Å². The van der Waals surface area contributed by atoms with Crippen LogP contribution in [0.15, 0.2) is 129 Å². The molecule has 5 rings (SSSR count). The molecular weight excluding hydrogens is 773 g/mol. The van der Waals surface area contributed by atoms with E-state index in [1.807, 2.05) is 37.3 Å². The minimum atomic E-state index is -4.14. The quantitative estimate of drug-likeness (QED) is 0.0837. The van der Waals surface area contributed by atoms with Crippen LogP contribution in [0.4, 0.5) is 5.69 Å². The van der Waals surface area contributed by atoms with Crippen LogP contribution >= 0.6 is 23.2 Å². The van der Waals surface area contributed by atoms with E-state index in [0.717, 1.165) is 15.4 Å². The molecule has 16 heteroatoms. The molecule has 0 saturated carbocycles. The zero-order valence-electron chi connectivity index (χ0n) is 29.3. The predicted octanol–water partition coefficient (Wildman–Crippen LogP) is 6.63. The van der Waals surface area contributed by atoms with Crippen molar-refractivity contribution in [2.45, 2.75) is 43.1 Å². The van der Waals surface area contributed by atoms with Gasteiger partial charge in [-0.25, -0.2) is 22.3 Å². The molecule has 0 atom stereocenters. The number of carbonyl (C=O) groups excluding carboxylic acids is 2. The van der Waals surface area contributed by atoms with Crippen molar-refractivity contribution in [1.82, 2.24) is 14.0 Å². The number of sulfonamides is 2. The molecule has 0 aliphatic heterocycles. The minimum Gasteiger partial charge on any atom is -0.459 e. The second-order valence-electron chi connectivity index (χ2n) is 12.2. The van der Waals surface area contributed by atoms with Crippen LogP contribution in [0.5, 0.6) is 0 Å². The SMILES string of the molecule is CC(=O)Nc1ccc(S(=O)(=O)N(CCc2ccccc2)CC(=O)N/N=C\c2ccc(CN(Cc3ccc(Cl)c(Cl)c3)S(=O)(=O)c3ccc(C)cc3)o2)cc1. The topological polar surface area (TPSA) is 158 Å². The number of nitrogens with zero attached hydrogens (tertiary/aromatic N) is 3. The summed E-state index contributed by atoms with van der Waals surface area (Å²) in [6.45, 7) is 2.50. The molecule has 12 nitrogen and oxygen atoms in total. The summed E-state index contributed by atoms with van der Waals surface area (Å²) in [5.41, 5.74) is 5.17. The molecule has 1 aromatic heterocycles. The summed E-state index contributed by atoms with van der Waals surface area (Å²) in [5.74, 6) is -0.505. The van der Waals surface area contributed by atoms with Gasteiger partial charge in [-0.3, -0.25) is 9.59 Å². The third-order valence-electron chi connectivity index (χ3n) is 8.02. The Morgan fingerprint density at radius 3 is 2.06 bits per heavy atom. The zero-order valence-corrected chi connectivity index (χ0v) is 32.4. The summed E-state index contributed by atoms with van der Waals surface area (Å²) < 4.78 is 63.1. The number of rotatable bonds is 16. The van der Waals surface area contributed by atoms with Crippen molar-refractivity contribution in [3.8, 4) is 0 Å². The lowest BCUT2D eigenvalue weighted by Crippen LogP contribution is -2.40. The minimum absolute atomic E-state index is 0.00267. The maximum Gasteiger partial charge on any atom is 0.255 e. The van der Waals surface area contributed by atoms with Crippen molar-refractivity contribution in [2.75, 3.05) is 18.4 Å². The van der Waals surface area contributed by atoms with Crippen LogP contribution in [0.3, 0.4) is 0 Å². The molecule has 282 valence electrons. The molecule has 0 fully saturated rings. The summed E-state index contributed by atoms with van der Waals surface area (Å²) in [4.78, 5) is 24.5. The molecule has 54 heavy (non-hydrogen) atoms. The normalized spacial score (nSPS) is 12.0. The van der Waals surface area contributed by atoms with E-state index >= 15 is 0 Å². The highest BCUT2D eigenvalue weighted by atomic mass is 35.5. The van der Waals surface area contributed by atoms with Crippen molar-refractivity contribution >= 4 is 67.0 Å². The Balaban J connectivity index is 1.28. The molecule has 2 N–H and O–H groups in total. The van der Waals surface area contributed by atoms with Crippen LogP contribution in [0.2, 0.25) is 10.0 Å². The summed E-state index contributed by atoms with van der Waals surface area (Å²) in [6, 6.07) is 29.4. The van der Waals surface area contributed by atoms with Crippen LogP contribution in [-0.4, -0.2) is 56.6 Å². The lowest BCUT2D eigenvalue weighted by atomic mass is 10.1. The molecule has 0 unspecified atom stereocenters. The van der Waals surface area contributed by atoms with E-state index in [0.29, 0.717) is 28.5 Å². The Hall–Kier alpha value is -4.83. The second kappa shape index (κ2) is 18.0. The van der Waals surface area contributed by atoms with Crippen LogP contribution < -0.4 is 10.7 Å². The van der Waals surface area contributed by atoms with Gasteiger partial charge in [-0.15, -0.1) is 0 Å². The molecule has 2 amide bonds. The highest BCUT2D eigenvalue weighted by Crippen LogP contribution is 2.27. The Morgan fingerprint density at radius 1 is 0.759 bits per heavy atom. The van der Waals surface area contributed by atoms with Crippen molar-refractivity contribution < 1.29 is 30.8 Å². The van der Waals surface area contributed by atoms with Gasteiger partial charge in [0.15, 0.2) is 0 Å². The van der Waals surface area contributed by atoms with Gasteiger partial charge in [0.05, 0.1) is 39.1 Å². The molecular formula is C38H37Cl2N5O7S2. The number of aryl methyl sites for hydroxylation is 1. The smallest absolute Gasteiger partial charge is 0.255 e. The number of anilines is 1. The van der Waals surface area contributed by atoms with Crippen LogP contribution in [0.1, 0.15) is 35.1 Å². The fraction of sp³-hybridized carbons (Fsp3) is 0.184. The number of benzene rings is 4. The number of halogens is 2. The molecule has 4 aromatic carbocycles.